The van der Waals surface area contributed by atoms with Crippen molar-refractivity contribution in [2.24, 2.45) is 0 Å². The zero-order chi connectivity index (χ0) is 19.1. The molecule has 0 spiro atoms. The van der Waals surface area contributed by atoms with Crippen LogP contribution in [0.25, 0.3) is 0 Å². The molecule has 5 heteroatoms. The van der Waals surface area contributed by atoms with Crippen LogP contribution in [0.2, 0.25) is 5.02 Å². The van der Waals surface area contributed by atoms with Gasteiger partial charge in [-0.05, 0) is 60.5 Å². The minimum absolute atomic E-state index is 0.0489. The summed E-state index contributed by atoms with van der Waals surface area (Å²) in [5.74, 6) is 1.31. The van der Waals surface area contributed by atoms with Gasteiger partial charge in [-0.2, -0.15) is 0 Å². The quantitative estimate of drug-likeness (QED) is 0.500. The highest BCUT2D eigenvalue weighted by molar-refractivity contribution is 7.98. The van der Waals surface area contributed by atoms with Crippen LogP contribution in [0.15, 0.2) is 77.7 Å². The number of carbonyl (C=O) groups excluding carboxylic acids is 1. The molecule has 138 valence electrons. The molecule has 0 fully saturated rings. The number of amides is 1. The third-order valence-corrected chi connectivity index (χ3v) is 5.39. The van der Waals surface area contributed by atoms with Gasteiger partial charge < -0.3 is 10.1 Å². The minimum Gasteiger partial charge on any atom is -0.484 e. The summed E-state index contributed by atoms with van der Waals surface area (Å²) >= 11 is 7.77. The van der Waals surface area contributed by atoms with Crippen LogP contribution in [0.4, 0.5) is 5.69 Å². The largest absolute Gasteiger partial charge is 0.484 e. The summed E-state index contributed by atoms with van der Waals surface area (Å²) < 4.78 is 5.51. The summed E-state index contributed by atoms with van der Waals surface area (Å²) in [6, 6.07) is 23.5. The average molecular weight is 398 g/mol. The lowest BCUT2D eigenvalue weighted by molar-refractivity contribution is -0.118. The van der Waals surface area contributed by atoms with Crippen LogP contribution in [0.1, 0.15) is 11.1 Å². The summed E-state index contributed by atoms with van der Waals surface area (Å²) in [5.41, 5.74) is 2.87. The van der Waals surface area contributed by atoms with E-state index in [4.69, 9.17) is 16.3 Å². The van der Waals surface area contributed by atoms with Gasteiger partial charge in [-0.15, -0.1) is 11.8 Å². The molecular formula is C22H20ClNO2S. The Kier molecular flexibility index (Phi) is 6.80. The number of carbonyl (C=O) groups is 1. The molecule has 0 saturated carbocycles. The molecule has 0 aliphatic heterocycles. The first-order chi connectivity index (χ1) is 13.1. The number of ether oxygens (including phenoxy) is 1. The normalized spacial score (nSPS) is 10.4. The van der Waals surface area contributed by atoms with Crippen LogP contribution in [0.3, 0.4) is 0 Å². The van der Waals surface area contributed by atoms with Crippen LogP contribution < -0.4 is 10.1 Å². The zero-order valence-electron chi connectivity index (χ0n) is 14.9. The van der Waals surface area contributed by atoms with Crippen molar-refractivity contribution in [2.75, 3.05) is 11.9 Å². The Labute approximate surface area is 168 Å². The number of hydrogen-bond donors (Lipinski definition) is 1. The van der Waals surface area contributed by atoms with Crippen LogP contribution in [0.5, 0.6) is 5.75 Å². The lowest BCUT2D eigenvalue weighted by atomic mass is 10.2. The number of halogens is 1. The van der Waals surface area contributed by atoms with Crippen molar-refractivity contribution in [1.29, 1.82) is 0 Å². The third kappa shape index (κ3) is 6.05. The Morgan fingerprint density at radius 2 is 1.78 bits per heavy atom. The van der Waals surface area contributed by atoms with Crippen molar-refractivity contribution in [3.8, 4) is 5.75 Å². The second-order valence-corrected chi connectivity index (χ2v) is 7.50. The predicted octanol–water partition coefficient (Wildman–Crippen LogP) is 5.96. The van der Waals surface area contributed by atoms with Crippen LogP contribution in [-0.4, -0.2) is 12.5 Å². The molecule has 3 aromatic carbocycles. The lowest BCUT2D eigenvalue weighted by Crippen LogP contribution is -2.20. The fourth-order valence-electron chi connectivity index (χ4n) is 2.42. The molecule has 1 N–H and O–H groups in total. The molecule has 3 rings (SSSR count). The Bertz CT molecular complexity index is 898. The number of anilines is 1. The first-order valence-corrected chi connectivity index (χ1v) is 9.92. The summed E-state index contributed by atoms with van der Waals surface area (Å²) in [6.45, 7) is 1.85. The van der Waals surface area contributed by atoms with E-state index in [2.05, 4.69) is 17.4 Å². The molecule has 27 heavy (non-hydrogen) atoms. The van der Waals surface area contributed by atoms with Crippen molar-refractivity contribution in [3.63, 3.8) is 0 Å². The second kappa shape index (κ2) is 9.49. The Morgan fingerprint density at radius 3 is 2.48 bits per heavy atom. The number of benzene rings is 3. The standard InChI is InChI=1S/C22H20ClNO2S/c1-16-13-19(11-12-21(16)23)26-14-22(25)24-18-9-7-17(8-10-18)15-27-20-5-3-2-4-6-20/h2-13H,14-15H2,1H3,(H,24,25). The minimum atomic E-state index is -0.200. The highest BCUT2D eigenvalue weighted by atomic mass is 35.5. The molecule has 3 nitrogen and oxygen atoms in total. The van der Waals surface area contributed by atoms with Gasteiger partial charge in [0.2, 0.25) is 0 Å². The smallest absolute Gasteiger partial charge is 0.262 e. The second-order valence-electron chi connectivity index (χ2n) is 6.05. The number of thioether (sulfide) groups is 1. The van der Waals surface area contributed by atoms with E-state index in [1.807, 2.05) is 55.5 Å². The summed E-state index contributed by atoms with van der Waals surface area (Å²) in [7, 11) is 0. The molecule has 0 saturated heterocycles. The first kappa shape index (κ1) is 19.3. The van der Waals surface area contributed by atoms with Crippen LogP contribution >= 0.6 is 23.4 Å². The van der Waals surface area contributed by atoms with E-state index < -0.39 is 0 Å². The molecule has 0 atom stereocenters. The monoisotopic (exact) mass is 397 g/mol. The van der Waals surface area contributed by atoms with E-state index in [9.17, 15) is 4.79 Å². The van der Waals surface area contributed by atoms with Crippen molar-refractivity contribution < 1.29 is 9.53 Å². The van der Waals surface area contributed by atoms with Crippen molar-refractivity contribution in [3.05, 3.63) is 88.9 Å². The molecule has 0 aliphatic rings. The van der Waals surface area contributed by atoms with E-state index in [-0.39, 0.29) is 12.5 Å². The number of hydrogen-bond acceptors (Lipinski definition) is 3. The number of rotatable bonds is 7. The topological polar surface area (TPSA) is 38.3 Å². The maximum Gasteiger partial charge on any atom is 0.262 e. The third-order valence-electron chi connectivity index (χ3n) is 3.89. The van der Waals surface area contributed by atoms with Gasteiger partial charge >= 0.3 is 0 Å². The maximum atomic E-state index is 12.1. The highest BCUT2D eigenvalue weighted by Gasteiger charge is 2.05. The predicted molar refractivity (Wildman–Crippen MR) is 113 cm³/mol. The Balaban J connectivity index is 1.47. The maximum absolute atomic E-state index is 12.1. The van der Waals surface area contributed by atoms with Gasteiger partial charge in [-0.1, -0.05) is 41.9 Å². The van der Waals surface area contributed by atoms with Crippen molar-refractivity contribution >= 4 is 35.0 Å². The van der Waals surface area contributed by atoms with Gasteiger partial charge in [0.25, 0.3) is 5.91 Å². The molecule has 1 amide bonds. The van der Waals surface area contributed by atoms with Crippen LogP contribution in [0, 0.1) is 6.92 Å². The Morgan fingerprint density at radius 1 is 1.04 bits per heavy atom. The first-order valence-electron chi connectivity index (χ1n) is 8.56. The summed E-state index contributed by atoms with van der Waals surface area (Å²) in [5, 5.41) is 3.52. The average Bonchev–Trinajstić information content (AvgIpc) is 2.69. The van der Waals surface area contributed by atoms with Gasteiger partial charge in [0.1, 0.15) is 5.75 Å². The summed E-state index contributed by atoms with van der Waals surface area (Å²) in [4.78, 5) is 13.3. The SMILES string of the molecule is Cc1cc(OCC(=O)Nc2ccc(CSc3ccccc3)cc2)ccc1Cl. The molecule has 0 aromatic heterocycles. The molecule has 0 bridgehead atoms. The zero-order valence-corrected chi connectivity index (χ0v) is 16.5. The summed E-state index contributed by atoms with van der Waals surface area (Å²) in [6.07, 6.45) is 0. The van der Waals surface area contributed by atoms with E-state index in [0.29, 0.717) is 10.8 Å². The van der Waals surface area contributed by atoms with Crippen LogP contribution in [-0.2, 0) is 10.5 Å². The van der Waals surface area contributed by atoms with E-state index >= 15 is 0 Å². The molecular weight excluding hydrogens is 378 g/mol. The van der Waals surface area contributed by atoms with Gasteiger partial charge in [0.05, 0.1) is 0 Å². The Hall–Kier alpha value is -2.43. The lowest BCUT2D eigenvalue weighted by Gasteiger charge is -2.09. The van der Waals surface area contributed by atoms with Gasteiger partial charge in [0.15, 0.2) is 6.61 Å². The fourth-order valence-corrected chi connectivity index (χ4v) is 3.41. The van der Waals surface area contributed by atoms with E-state index in [1.54, 1.807) is 23.9 Å². The van der Waals surface area contributed by atoms with Gasteiger partial charge in [0, 0.05) is 21.4 Å². The number of aryl methyl sites for hydroxylation is 1. The fraction of sp³-hybridized carbons (Fsp3) is 0.136. The van der Waals surface area contributed by atoms with Gasteiger partial charge in [-0.25, -0.2) is 0 Å². The number of nitrogens with one attached hydrogen (secondary N) is 1. The highest BCUT2D eigenvalue weighted by Crippen LogP contribution is 2.23. The van der Waals surface area contributed by atoms with Gasteiger partial charge in [-0.3, -0.25) is 4.79 Å². The molecule has 0 unspecified atom stereocenters. The molecule has 0 heterocycles. The van der Waals surface area contributed by atoms with E-state index in [1.165, 1.54) is 10.5 Å². The van der Waals surface area contributed by atoms with Crippen molar-refractivity contribution in [2.45, 2.75) is 17.6 Å². The molecule has 0 aliphatic carbocycles. The molecule has 3 aromatic rings. The van der Waals surface area contributed by atoms with Crippen molar-refractivity contribution in [1.82, 2.24) is 0 Å². The molecule has 0 radical (unpaired) electrons. The van der Waals surface area contributed by atoms with E-state index in [0.717, 1.165) is 17.0 Å².